The molecule has 0 aliphatic carbocycles. The van der Waals surface area contributed by atoms with E-state index in [1.807, 2.05) is 0 Å². The number of ether oxygens (including phenoxy) is 1. The van der Waals surface area contributed by atoms with E-state index in [-0.39, 0.29) is 30.1 Å². The SMILES string of the molecule is COC(=O)c1c(C)c(C(=O)CN(Cc2ccc(F)cc2)C(=O)c2ccc(F)cc2)c(C)n1C. The van der Waals surface area contributed by atoms with Crippen LogP contribution in [0.15, 0.2) is 48.5 Å². The lowest BCUT2D eigenvalue weighted by molar-refractivity contribution is 0.0588. The zero-order valence-corrected chi connectivity index (χ0v) is 18.8. The van der Waals surface area contributed by atoms with Crippen molar-refractivity contribution in [1.82, 2.24) is 9.47 Å². The number of Topliss-reactive ketones (excluding diaryl/α,β-unsaturated/α-hetero) is 1. The Hall–Kier alpha value is -3.81. The first-order valence-corrected chi connectivity index (χ1v) is 10.2. The van der Waals surface area contributed by atoms with Crippen LogP contribution in [-0.4, -0.2) is 40.8 Å². The van der Waals surface area contributed by atoms with Crippen molar-refractivity contribution >= 4 is 17.7 Å². The predicted molar refractivity (Wildman–Crippen MR) is 118 cm³/mol. The monoisotopic (exact) mass is 454 g/mol. The van der Waals surface area contributed by atoms with Crippen LogP contribution in [0.3, 0.4) is 0 Å². The second-order valence-corrected chi connectivity index (χ2v) is 7.70. The van der Waals surface area contributed by atoms with E-state index in [1.165, 1.54) is 60.5 Å². The zero-order valence-electron chi connectivity index (χ0n) is 18.8. The van der Waals surface area contributed by atoms with E-state index in [2.05, 4.69) is 0 Å². The van der Waals surface area contributed by atoms with Crippen molar-refractivity contribution < 1.29 is 27.9 Å². The van der Waals surface area contributed by atoms with Gasteiger partial charge in [0.2, 0.25) is 0 Å². The van der Waals surface area contributed by atoms with Crippen molar-refractivity contribution in [2.45, 2.75) is 20.4 Å². The molecule has 6 nitrogen and oxygen atoms in total. The topological polar surface area (TPSA) is 68.6 Å². The van der Waals surface area contributed by atoms with E-state index in [0.29, 0.717) is 22.4 Å². The molecule has 0 unspecified atom stereocenters. The van der Waals surface area contributed by atoms with Crippen LogP contribution in [0.25, 0.3) is 0 Å². The van der Waals surface area contributed by atoms with E-state index in [1.54, 1.807) is 25.5 Å². The number of halogens is 2. The lowest BCUT2D eigenvalue weighted by Crippen LogP contribution is -2.35. The molecule has 0 aliphatic heterocycles. The number of hydrogen-bond donors (Lipinski definition) is 0. The molecule has 0 bridgehead atoms. The van der Waals surface area contributed by atoms with Crippen LogP contribution in [0, 0.1) is 25.5 Å². The molecular weight excluding hydrogens is 430 g/mol. The van der Waals surface area contributed by atoms with Gasteiger partial charge in [0.1, 0.15) is 17.3 Å². The molecule has 2 aromatic carbocycles. The third kappa shape index (κ3) is 5.00. The number of methoxy groups -OCH3 is 1. The van der Waals surface area contributed by atoms with E-state index in [4.69, 9.17) is 4.74 Å². The zero-order chi connectivity index (χ0) is 24.3. The van der Waals surface area contributed by atoms with Gasteiger partial charge in [-0.25, -0.2) is 13.6 Å². The summed E-state index contributed by atoms with van der Waals surface area (Å²) >= 11 is 0. The molecule has 0 radical (unpaired) electrons. The van der Waals surface area contributed by atoms with Crippen LogP contribution in [0.4, 0.5) is 8.78 Å². The van der Waals surface area contributed by atoms with Gasteiger partial charge in [-0.2, -0.15) is 0 Å². The molecular formula is C25H24F2N2O4. The minimum absolute atomic E-state index is 0.0387. The highest BCUT2D eigenvalue weighted by atomic mass is 19.1. The Bertz CT molecular complexity index is 1200. The largest absolute Gasteiger partial charge is 0.464 e. The van der Waals surface area contributed by atoms with Crippen LogP contribution >= 0.6 is 0 Å². The second kappa shape index (κ2) is 9.77. The lowest BCUT2D eigenvalue weighted by Gasteiger charge is -2.23. The first-order chi connectivity index (χ1) is 15.6. The summed E-state index contributed by atoms with van der Waals surface area (Å²) in [5.41, 5.74) is 2.44. The van der Waals surface area contributed by atoms with Crippen molar-refractivity contribution in [3.63, 3.8) is 0 Å². The Morgan fingerprint density at radius 1 is 0.939 bits per heavy atom. The van der Waals surface area contributed by atoms with Crippen LogP contribution < -0.4 is 0 Å². The fraction of sp³-hybridized carbons (Fsp3) is 0.240. The minimum Gasteiger partial charge on any atom is -0.464 e. The molecule has 172 valence electrons. The van der Waals surface area contributed by atoms with Gasteiger partial charge in [0.15, 0.2) is 5.78 Å². The van der Waals surface area contributed by atoms with Gasteiger partial charge in [-0.3, -0.25) is 9.59 Å². The van der Waals surface area contributed by atoms with Crippen LogP contribution in [-0.2, 0) is 18.3 Å². The highest BCUT2D eigenvalue weighted by Crippen LogP contribution is 2.23. The first-order valence-electron chi connectivity index (χ1n) is 10.2. The minimum atomic E-state index is -0.567. The number of rotatable bonds is 7. The maximum Gasteiger partial charge on any atom is 0.354 e. The average molecular weight is 454 g/mol. The van der Waals surface area contributed by atoms with Crippen LogP contribution in [0.2, 0.25) is 0 Å². The lowest BCUT2D eigenvalue weighted by atomic mass is 10.0. The first kappa shape index (κ1) is 23.8. The smallest absolute Gasteiger partial charge is 0.354 e. The van der Waals surface area contributed by atoms with E-state index < -0.39 is 23.5 Å². The Morgan fingerprint density at radius 3 is 2.03 bits per heavy atom. The van der Waals surface area contributed by atoms with Gasteiger partial charge < -0.3 is 14.2 Å². The highest BCUT2D eigenvalue weighted by Gasteiger charge is 2.28. The Labute approximate surface area is 190 Å². The van der Waals surface area contributed by atoms with Crippen LogP contribution in [0.5, 0.6) is 0 Å². The third-order valence-electron chi connectivity index (χ3n) is 5.59. The Morgan fingerprint density at radius 2 is 1.48 bits per heavy atom. The number of carbonyl (C=O) groups excluding carboxylic acids is 3. The number of carbonyl (C=O) groups is 3. The van der Waals surface area contributed by atoms with Gasteiger partial charge >= 0.3 is 5.97 Å². The Balaban J connectivity index is 1.96. The normalized spacial score (nSPS) is 10.7. The molecule has 8 heteroatoms. The van der Waals surface area contributed by atoms with Gasteiger partial charge in [-0.15, -0.1) is 0 Å². The number of ketones is 1. The average Bonchev–Trinajstić information content (AvgIpc) is 3.02. The maximum atomic E-state index is 13.3. The van der Waals surface area contributed by atoms with Crippen molar-refractivity contribution in [3.8, 4) is 0 Å². The van der Waals surface area contributed by atoms with Crippen LogP contribution in [0.1, 0.15) is 48.0 Å². The molecule has 0 fully saturated rings. The summed E-state index contributed by atoms with van der Waals surface area (Å²) in [6, 6.07) is 10.6. The number of esters is 1. The van der Waals surface area contributed by atoms with Gasteiger partial charge in [0, 0.05) is 30.4 Å². The molecule has 0 aliphatic rings. The summed E-state index contributed by atoms with van der Waals surface area (Å²) in [5.74, 6) is -2.32. The molecule has 33 heavy (non-hydrogen) atoms. The molecule has 0 saturated carbocycles. The van der Waals surface area contributed by atoms with E-state index in [9.17, 15) is 23.2 Å². The van der Waals surface area contributed by atoms with Crippen molar-refractivity contribution in [2.24, 2.45) is 7.05 Å². The maximum absolute atomic E-state index is 13.3. The molecule has 1 aromatic heterocycles. The molecule has 0 spiro atoms. The molecule has 1 amide bonds. The summed E-state index contributed by atoms with van der Waals surface area (Å²) in [6.45, 7) is 3.11. The number of amides is 1. The number of benzene rings is 2. The Kier molecular flexibility index (Phi) is 7.06. The van der Waals surface area contributed by atoms with Crippen molar-refractivity contribution in [3.05, 3.63) is 93.8 Å². The summed E-state index contributed by atoms with van der Waals surface area (Å²) in [6.07, 6.45) is 0. The number of aromatic nitrogens is 1. The van der Waals surface area contributed by atoms with E-state index in [0.717, 1.165) is 0 Å². The second-order valence-electron chi connectivity index (χ2n) is 7.70. The fourth-order valence-corrected chi connectivity index (χ4v) is 3.81. The summed E-state index contributed by atoms with van der Waals surface area (Å²) in [4.78, 5) is 40.0. The van der Waals surface area contributed by atoms with Gasteiger partial charge in [0.05, 0.1) is 13.7 Å². The molecule has 1 heterocycles. The molecule has 3 aromatic rings. The van der Waals surface area contributed by atoms with Gasteiger partial charge in [-0.05, 0) is 61.4 Å². The van der Waals surface area contributed by atoms with E-state index >= 15 is 0 Å². The molecule has 0 saturated heterocycles. The fourth-order valence-electron chi connectivity index (χ4n) is 3.81. The highest BCUT2D eigenvalue weighted by molar-refractivity contribution is 6.06. The number of nitrogens with zero attached hydrogens (tertiary/aromatic N) is 2. The number of hydrogen-bond acceptors (Lipinski definition) is 4. The van der Waals surface area contributed by atoms with Gasteiger partial charge in [0.25, 0.3) is 5.91 Å². The van der Waals surface area contributed by atoms with Crippen molar-refractivity contribution in [2.75, 3.05) is 13.7 Å². The molecule has 0 atom stereocenters. The standard InChI is InChI=1S/C25H24F2N2O4/c1-15-22(16(2)28(3)23(15)25(32)33-4)21(30)14-29(13-17-5-9-19(26)10-6-17)24(31)18-7-11-20(27)12-8-18/h5-12H,13-14H2,1-4H3. The van der Waals surface area contributed by atoms with Gasteiger partial charge in [-0.1, -0.05) is 12.1 Å². The molecule has 3 rings (SSSR count). The summed E-state index contributed by atoms with van der Waals surface area (Å²) in [7, 11) is 2.92. The quantitative estimate of drug-likeness (QED) is 0.396. The third-order valence-corrected chi connectivity index (χ3v) is 5.59. The summed E-state index contributed by atoms with van der Waals surface area (Å²) < 4.78 is 33.1. The van der Waals surface area contributed by atoms with Crippen molar-refractivity contribution in [1.29, 1.82) is 0 Å². The molecule has 0 N–H and O–H groups in total. The summed E-state index contributed by atoms with van der Waals surface area (Å²) in [5, 5.41) is 0. The predicted octanol–water partition coefficient (Wildman–Crippen LogP) is 4.23.